The monoisotopic (exact) mass is 278 g/mol. The van der Waals surface area contributed by atoms with E-state index < -0.39 is 0 Å². The Morgan fingerprint density at radius 2 is 2.05 bits per heavy atom. The first-order chi connectivity index (χ1) is 9.61. The van der Waals surface area contributed by atoms with Gasteiger partial charge in [-0.3, -0.25) is 0 Å². The lowest BCUT2D eigenvalue weighted by Gasteiger charge is -2.12. The smallest absolute Gasteiger partial charge is 0.330 e. The summed E-state index contributed by atoms with van der Waals surface area (Å²) in [4.78, 5) is 11.3. The summed E-state index contributed by atoms with van der Waals surface area (Å²) in [6.45, 7) is 6.52. The van der Waals surface area contributed by atoms with E-state index in [-0.39, 0.29) is 5.97 Å². The molecule has 0 aromatic rings. The topological polar surface area (TPSA) is 26.3 Å². The van der Waals surface area contributed by atoms with Crippen molar-refractivity contribution in [1.29, 1.82) is 0 Å². The predicted octanol–water partition coefficient (Wildman–Crippen LogP) is 5.05. The molecule has 0 N–H and O–H groups in total. The summed E-state index contributed by atoms with van der Waals surface area (Å²) >= 11 is 0. The first kappa shape index (κ1) is 17.0. The van der Waals surface area contributed by atoms with Gasteiger partial charge in [-0.2, -0.15) is 0 Å². The highest BCUT2D eigenvalue weighted by molar-refractivity contribution is 5.83. The summed E-state index contributed by atoms with van der Waals surface area (Å²) in [5.74, 6) is 1.48. The van der Waals surface area contributed by atoms with Crippen LogP contribution in [0.4, 0.5) is 0 Å². The van der Waals surface area contributed by atoms with Gasteiger partial charge in [0.25, 0.3) is 0 Å². The molecule has 114 valence electrons. The van der Waals surface area contributed by atoms with Crippen LogP contribution in [0.15, 0.2) is 23.8 Å². The van der Waals surface area contributed by atoms with Crippen LogP contribution < -0.4 is 0 Å². The van der Waals surface area contributed by atoms with Crippen molar-refractivity contribution in [2.75, 3.05) is 6.61 Å². The number of hydrogen-bond donors (Lipinski definition) is 0. The van der Waals surface area contributed by atoms with E-state index in [1.54, 1.807) is 6.08 Å². The highest BCUT2D eigenvalue weighted by atomic mass is 16.5. The fourth-order valence-electron chi connectivity index (χ4n) is 2.84. The zero-order valence-electron chi connectivity index (χ0n) is 13.4. The molecule has 0 bridgehead atoms. The Morgan fingerprint density at radius 3 is 2.70 bits per heavy atom. The van der Waals surface area contributed by atoms with Gasteiger partial charge in [-0.05, 0) is 37.7 Å². The third-order valence-electron chi connectivity index (χ3n) is 4.09. The maximum atomic E-state index is 11.3. The maximum Gasteiger partial charge on any atom is 0.330 e. The molecule has 1 atom stereocenters. The van der Waals surface area contributed by atoms with Crippen molar-refractivity contribution in [3.63, 3.8) is 0 Å². The number of esters is 1. The van der Waals surface area contributed by atoms with E-state index in [0.717, 1.165) is 23.8 Å². The van der Waals surface area contributed by atoms with Gasteiger partial charge < -0.3 is 4.74 Å². The second-order valence-electron chi connectivity index (χ2n) is 6.11. The largest absolute Gasteiger partial charge is 0.463 e. The number of carbonyl (C=O) groups excluding carboxylic acids is 1. The van der Waals surface area contributed by atoms with Gasteiger partial charge in [-0.15, -0.1) is 0 Å². The van der Waals surface area contributed by atoms with Gasteiger partial charge in [0.2, 0.25) is 0 Å². The van der Waals surface area contributed by atoms with Gasteiger partial charge in [0.05, 0.1) is 6.61 Å². The zero-order chi connectivity index (χ0) is 14.8. The summed E-state index contributed by atoms with van der Waals surface area (Å²) < 4.78 is 4.89. The molecule has 0 aromatic heterocycles. The second-order valence-corrected chi connectivity index (χ2v) is 6.11. The lowest BCUT2D eigenvalue weighted by atomic mass is 9.94. The molecule has 0 aliphatic heterocycles. The molecule has 0 heterocycles. The van der Waals surface area contributed by atoms with E-state index >= 15 is 0 Å². The van der Waals surface area contributed by atoms with Crippen molar-refractivity contribution in [3.05, 3.63) is 23.8 Å². The maximum absolute atomic E-state index is 11.3. The van der Waals surface area contributed by atoms with Crippen LogP contribution in [0.25, 0.3) is 0 Å². The molecule has 1 aliphatic carbocycles. The number of allylic oxidation sites excluding steroid dienone is 3. The van der Waals surface area contributed by atoms with Crippen LogP contribution in [0.3, 0.4) is 0 Å². The van der Waals surface area contributed by atoms with Crippen molar-refractivity contribution >= 4 is 5.97 Å². The van der Waals surface area contributed by atoms with Gasteiger partial charge in [0.1, 0.15) is 0 Å². The lowest BCUT2D eigenvalue weighted by Crippen LogP contribution is -2.00. The lowest BCUT2D eigenvalue weighted by molar-refractivity contribution is -0.137. The first-order valence-electron chi connectivity index (χ1n) is 8.13. The van der Waals surface area contributed by atoms with E-state index in [1.165, 1.54) is 38.5 Å². The number of carbonyl (C=O) groups is 1. The van der Waals surface area contributed by atoms with Crippen LogP contribution in [0.2, 0.25) is 0 Å². The van der Waals surface area contributed by atoms with E-state index in [2.05, 4.69) is 13.0 Å². The summed E-state index contributed by atoms with van der Waals surface area (Å²) in [5.41, 5.74) is 0.964. The number of hydrogen-bond acceptors (Lipinski definition) is 2. The molecule has 0 radical (unpaired) electrons. The zero-order valence-corrected chi connectivity index (χ0v) is 13.4. The molecule has 1 saturated carbocycles. The average Bonchev–Trinajstić information content (AvgIpc) is 2.89. The Balaban J connectivity index is 2.19. The Morgan fingerprint density at radius 1 is 1.35 bits per heavy atom. The van der Waals surface area contributed by atoms with E-state index in [0.29, 0.717) is 6.61 Å². The molecular formula is C18H30O2. The Bertz CT molecular complexity index is 335. The normalized spacial score (nSPS) is 18.6. The van der Waals surface area contributed by atoms with Crippen molar-refractivity contribution in [1.82, 2.24) is 0 Å². The molecule has 0 saturated heterocycles. The third kappa shape index (κ3) is 7.52. The SMILES string of the molecule is CCOC(=O)C=C(C)C=CCC(C)CCC1CCCC1. The van der Waals surface area contributed by atoms with Crippen molar-refractivity contribution in [2.45, 2.75) is 65.7 Å². The van der Waals surface area contributed by atoms with Crippen LogP contribution in [0.5, 0.6) is 0 Å². The third-order valence-corrected chi connectivity index (χ3v) is 4.09. The van der Waals surface area contributed by atoms with Gasteiger partial charge in [0, 0.05) is 6.08 Å². The van der Waals surface area contributed by atoms with Crippen LogP contribution in [-0.4, -0.2) is 12.6 Å². The minimum absolute atomic E-state index is 0.246. The summed E-state index contributed by atoms with van der Waals surface area (Å²) in [6.07, 6.45) is 15.4. The molecule has 0 amide bonds. The van der Waals surface area contributed by atoms with Gasteiger partial charge in [0.15, 0.2) is 0 Å². The molecule has 2 heteroatoms. The van der Waals surface area contributed by atoms with Crippen molar-refractivity contribution in [3.8, 4) is 0 Å². The van der Waals surface area contributed by atoms with E-state index in [9.17, 15) is 4.79 Å². The van der Waals surface area contributed by atoms with Crippen LogP contribution in [0.1, 0.15) is 65.7 Å². The molecule has 1 unspecified atom stereocenters. The number of ether oxygens (including phenoxy) is 1. The molecule has 1 fully saturated rings. The molecule has 1 aliphatic rings. The highest BCUT2D eigenvalue weighted by Gasteiger charge is 2.15. The Hall–Kier alpha value is -1.05. The summed E-state index contributed by atoms with van der Waals surface area (Å²) in [6, 6.07) is 0. The molecular weight excluding hydrogens is 248 g/mol. The van der Waals surface area contributed by atoms with Gasteiger partial charge in [-0.25, -0.2) is 4.79 Å². The standard InChI is InChI=1S/C18H30O2/c1-4-20-18(19)14-16(3)9-7-8-15(2)12-13-17-10-5-6-11-17/h7,9,14-15,17H,4-6,8,10-13H2,1-3H3. The fourth-order valence-corrected chi connectivity index (χ4v) is 2.84. The first-order valence-corrected chi connectivity index (χ1v) is 8.13. The Kier molecular flexibility index (Phi) is 8.32. The molecule has 0 aromatic carbocycles. The molecule has 0 spiro atoms. The van der Waals surface area contributed by atoms with Gasteiger partial charge in [-0.1, -0.05) is 57.6 Å². The number of rotatable bonds is 8. The highest BCUT2D eigenvalue weighted by Crippen LogP contribution is 2.30. The van der Waals surface area contributed by atoms with E-state index in [4.69, 9.17) is 4.74 Å². The van der Waals surface area contributed by atoms with Gasteiger partial charge >= 0.3 is 5.97 Å². The van der Waals surface area contributed by atoms with Crippen molar-refractivity contribution < 1.29 is 9.53 Å². The van der Waals surface area contributed by atoms with Crippen LogP contribution in [0, 0.1) is 11.8 Å². The fraction of sp³-hybridized carbons (Fsp3) is 0.722. The van der Waals surface area contributed by atoms with E-state index in [1.807, 2.05) is 19.9 Å². The summed E-state index contributed by atoms with van der Waals surface area (Å²) in [7, 11) is 0. The van der Waals surface area contributed by atoms with Crippen molar-refractivity contribution in [2.24, 2.45) is 11.8 Å². The summed E-state index contributed by atoms with van der Waals surface area (Å²) in [5, 5.41) is 0. The van der Waals surface area contributed by atoms with Crippen LogP contribution >= 0.6 is 0 Å². The van der Waals surface area contributed by atoms with Crippen LogP contribution in [-0.2, 0) is 9.53 Å². The molecule has 20 heavy (non-hydrogen) atoms. The predicted molar refractivity (Wildman–Crippen MR) is 84.5 cm³/mol. The molecule has 1 rings (SSSR count). The average molecular weight is 278 g/mol. The second kappa shape index (κ2) is 9.79. The minimum atomic E-state index is -0.246. The quantitative estimate of drug-likeness (QED) is 0.353. The molecule has 2 nitrogen and oxygen atoms in total. The Labute approximate surface area is 124 Å². The minimum Gasteiger partial charge on any atom is -0.463 e.